The summed E-state index contributed by atoms with van der Waals surface area (Å²) in [6.07, 6.45) is 9.92. The van der Waals surface area contributed by atoms with E-state index in [0.717, 1.165) is 59.9 Å². The SMILES string of the molecule is Cc1ccc(S(=O)(=O)NC2CCN(c3ncnc4c3C=C(c3cnn(C)c3)C4)CC2)s1. The zero-order valence-corrected chi connectivity index (χ0v) is 19.1. The van der Waals surface area contributed by atoms with Crippen LogP contribution in [0.25, 0.3) is 11.6 Å². The van der Waals surface area contributed by atoms with Crippen LogP contribution in [0.4, 0.5) is 5.82 Å². The number of nitrogens with zero attached hydrogens (tertiary/aromatic N) is 5. The number of rotatable bonds is 5. The average Bonchev–Trinajstić information content (AvgIpc) is 3.47. The fraction of sp³-hybridized carbons (Fsp3) is 0.381. The van der Waals surface area contributed by atoms with Gasteiger partial charge in [-0.15, -0.1) is 11.3 Å². The van der Waals surface area contributed by atoms with Crippen LogP contribution < -0.4 is 9.62 Å². The molecule has 0 bridgehead atoms. The number of thiophene rings is 1. The van der Waals surface area contributed by atoms with Gasteiger partial charge < -0.3 is 4.90 Å². The second-order valence-electron chi connectivity index (χ2n) is 8.05. The lowest BCUT2D eigenvalue weighted by Gasteiger charge is -2.33. The minimum absolute atomic E-state index is 0.0694. The van der Waals surface area contributed by atoms with Crippen molar-refractivity contribution >= 4 is 38.8 Å². The summed E-state index contributed by atoms with van der Waals surface area (Å²) in [4.78, 5) is 12.3. The van der Waals surface area contributed by atoms with E-state index in [-0.39, 0.29) is 6.04 Å². The molecule has 1 N–H and O–H groups in total. The van der Waals surface area contributed by atoms with Gasteiger partial charge >= 0.3 is 0 Å². The van der Waals surface area contributed by atoms with Gasteiger partial charge in [0.25, 0.3) is 0 Å². The number of aryl methyl sites for hydroxylation is 2. The lowest BCUT2D eigenvalue weighted by Crippen LogP contribution is -2.45. The zero-order valence-electron chi connectivity index (χ0n) is 17.4. The summed E-state index contributed by atoms with van der Waals surface area (Å²) in [6, 6.07) is 3.44. The second-order valence-corrected chi connectivity index (χ2v) is 11.3. The van der Waals surface area contributed by atoms with Crippen LogP contribution in [0, 0.1) is 6.92 Å². The Morgan fingerprint density at radius 1 is 1.19 bits per heavy atom. The van der Waals surface area contributed by atoms with Crippen LogP contribution in [0.15, 0.2) is 35.1 Å². The minimum atomic E-state index is -3.46. The van der Waals surface area contributed by atoms with Gasteiger partial charge in [0, 0.05) is 54.8 Å². The van der Waals surface area contributed by atoms with Gasteiger partial charge in [0.05, 0.1) is 11.9 Å². The van der Waals surface area contributed by atoms with Crippen molar-refractivity contribution in [3.05, 3.63) is 52.6 Å². The van der Waals surface area contributed by atoms with Gasteiger partial charge in [0.2, 0.25) is 10.0 Å². The van der Waals surface area contributed by atoms with Crippen LogP contribution in [0.5, 0.6) is 0 Å². The molecule has 4 heterocycles. The Bertz CT molecular complexity index is 1250. The number of nitrogens with one attached hydrogen (secondary N) is 1. The van der Waals surface area contributed by atoms with Gasteiger partial charge in [0.1, 0.15) is 16.4 Å². The van der Waals surface area contributed by atoms with Crippen molar-refractivity contribution in [1.82, 2.24) is 24.5 Å². The summed E-state index contributed by atoms with van der Waals surface area (Å²) < 4.78 is 30.3. The monoisotopic (exact) mass is 456 g/mol. The maximum atomic E-state index is 12.6. The fourth-order valence-corrected chi connectivity index (χ4v) is 6.79. The molecule has 0 spiro atoms. The van der Waals surface area contributed by atoms with E-state index in [1.54, 1.807) is 17.1 Å². The first-order valence-corrected chi connectivity index (χ1v) is 12.6. The summed E-state index contributed by atoms with van der Waals surface area (Å²) >= 11 is 1.30. The van der Waals surface area contributed by atoms with Gasteiger partial charge in [-0.05, 0) is 43.5 Å². The molecule has 3 aromatic rings. The molecule has 0 atom stereocenters. The van der Waals surface area contributed by atoms with E-state index < -0.39 is 10.0 Å². The predicted octanol–water partition coefficient (Wildman–Crippen LogP) is 2.62. The van der Waals surface area contributed by atoms with Crippen LogP contribution >= 0.6 is 11.3 Å². The molecule has 5 rings (SSSR count). The van der Waals surface area contributed by atoms with Crippen LogP contribution in [0.3, 0.4) is 0 Å². The van der Waals surface area contributed by atoms with Crippen molar-refractivity contribution in [1.29, 1.82) is 0 Å². The number of piperidine rings is 1. The van der Waals surface area contributed by atoms with Gasteiger partial charge in [-0.25, -0.2) is 23.1 Å². The first kappa shape index (κ1) is 20.3. The number of hydrogen-bond donors (Lipinski definition) is 1. The van der Waals surface area contributed by atoms with Crippen LogP contribution in [-0.4, -0.2) is 47.3 Å². The van der Waals surface area contributed by atoms with Crippen molar-refractivity contribution in [2.24, 2.45) is 7.05 Å². The van der Waals surface area contributed by atoms with Gasteiger partial charge in [-0.1, -0.05) is 0 Å². The quantitative estimate of drug-likeness (QED) is 0.634. The molecular formula is C21H24N6O2S2. The molecule has 1 aliphatic carbocycles. The summed E-state index contributed by atoms with van der Waals surface area (Å²) in [5.74, 6) is 0.930. The molecule has 1 saturated heterocycles. The molecule has 0 aromatic carbocycles. The smallest absolute Gasteiger partial charge is 0.250 e. The van der Waals surface area contributed by atoms with E-state index in [2.05, 4.69) is 30.8 Å². The molecule has 0 amide bonds. The third kappa shape index (κ3) is 4.02. The molecule has 162 valence electrons. The van der Waals surface area contributed by atoms with Crippen molar-refractivity contribution in [2.75, 3.05) is 18.0 Å². The van der Waals surface area contributed by atoms with Crippen LogP contribution in [-0.2, 0) is 23.5 Å². The lowest BCUT2D eigenvalue weighted by molar-refractivity contribution is 0.458. The number of aromatic nitrogens is 4. The van der Waals surface area contributed by atoms with Gasteiger partial charge in [0.15, 0.2) is 0 Å². The van der Waals surface area contributed by atoms with Crippen molar-refractivity contribution in [2.45, 2.75) is 36.4 Å². The number of anilines is 1. The van der Waals surface area contributed by atoms with E-state index in [1.165, 1.54) is 16.9 Å². The Morgan fingerprint density at radius 3 is 2.68 bits per heavy atom. The molecule has 31 heavy (non-hydrogen) atoms. The zero-order chi connectivity index (χ0) is 21.6. The molecule has 3 aromatic heterocycles. The molecule has 0 unspecified atom stereocenters. The van der Waals surface area contributed by atoms with Crippen molar-refractivity contribution < 1.29 is 8.42 Å². The Kier molecular flexibility index (Phi) is 5.15. The second kappa shape index (κ2) is 7.85. The van der Waals surface area contributed by atoms with Crippen LogP contribution in [0.1, 0.15) is 34.5 Å². The highest BCUT2D eigenvalue weighted by atomic mass is 32.2. The number of sulfonamides is 1. The molecule has 10 heteroatoms. The van der Waals surface area contributed by atoms with E-state index in [1.807, 2.05) is 32.4 Å². The van der Waals surface area contributed by atoms with Gasteiger partial charge in [-0.3, -0.25) is 4.68 Å². The van der Waals surface area contributed by atoms with Crippen molar-refractivity contribution in [3.63, 3.8) is 0 Å². The molecule has 0 radical (unpaired) electrons. The Labute approximate surface area is 185 Å². The Balaban J connectivity index is 1.29. The first-order valence-electron chi connectivity index (χ1n) is 10.3. The summed E-state index contributed by atoms with van der Waals surface area (Å²) in [5, 5.41) is 4.27. The molecule has 1 aliphatic heterocycles. The highest BCUT2D eigenvalue weighted by molar-refractivity contribution is 7.91. The summed E-state index contributed by atoms with van der Waals surface area (Å²) in [7, 11) is -1.55. The molecular weight excluding hydrogens is 432 g/mol. The normalized spacial score (nSPS) is 17.1. The third-order valence-corrected chi connectivity index (χ3v) is 8.81. The third-order valence-electron chi connectivity index (χ3n) is 5.79. The van der Waals surface area contributed by atoms with E-state index >= 15 is 0 Å². The summed E-state index contributed by atoms with van der Waals surface area (Å²) in [5.41, 5.74) is 4.39. The standard InChI is InChI=1S/C21H24N6O2S2/c1-14-3-4-20(30-14)31(28,29)25-17-5-7-27(8-6-17)21-18-9-15(10-19(18)22-13-23-21)16-11-24-26(2)12-16/h3-4,9,11-13,17,25H,5-8,10H2,1-2H3. The molecule has 2 aliphatic rings. The lowest BCUT2D eigenvalue weighted by atomic mass is 10.1. The fourth-order valence-electron chi connectivity index (χ4n) is 4.18. The summed E-state index contributed by atoms with van der Waals surface area (Å²) in [6.45, 7) is 3.41. The predicted molar refractivity (Wildman–Crippen MR) is 121 cm³/mol. The van der Waals surface area contributed by atoms with E-state index in [9.17, 15) is 8.42 Å². The van der Waals surface area contributed by atoms with E-state index in [0.29, 0.717) is 4.21 Å². The maximum absolute atomic E-state index is 12.6. The first-order chi connectivity index (χ1) is 14.9. The molecule has 8 nitrogen and oxygen atoms in total. The maximum Gasteiger partial charge on any atom is 0.250 e. The largest absolute Gasteiger partial charge is 0.356 e. The highest BCUT2D eigenvalue weighted by Gasteiger charge is 2.28. The molecule has 1 fully saturated rings. The molecule has 0 saturated carbocycles. The van der Waals surface area contributed by atoms with Gasteiger partial charge in [-0.2, -0.15) is 5.10 Å². The highest BCUT2D eigenvalue weighted by Crippen LogP contribution is 2.35. The topological polar surface area (TPSA) is 93.0 Å². The minimum Gasteiger partial charge on any atom is -0.356 e. The van der Waals surface area contributed by atoms with Crippen molar-refractivity contribution in [3.8, 4) is 0 Å². The Morgan fingerprint density at radius 2 is 2.00 bits per heavy atom. The average molecular weight is 457 g/mol. The van der Waals surface area contributed by atoms with Crippen LogP contribution in [0.2, 0.25) is 0 Å². The number of fused-ring (bicyclic) bond motifs is 1. The Hall–Kier alpha value is -2.56. The van der Waals surface area contributed by atoms with E-state index in [4.69, 9.17) is 0 Å². The number of allylic oxidation sites excluding steroid dienone is 1. The number of hydrogen-bond acceptors (Lipinski definition) is 7.